The first-order chi connectivity index (χ1) is 10.1. The van der Waals surface area contributed by atoms with Crippen LogP contribution in [0.25, 0.3) is 11.0 Å². The van der Waals surface area contributed by atoms with Crippen molar-refractivity contribution in [3.8, 4) is 0 Å². The second-order valence-electron chi connectivity index (χ2n) is 5.40. The van der Waals surface area contributed by atoms with E-state index < -0.39 is 11.5 Å². The molecule has 1 fully saturated rings. The van der Waals surface area contributed by atoms with Crippen molar-refractivity contribution >= 4 is 22.9 Å². The van der Waals surface area contributed by atoms with E-state index >= 15 is 0 Å². The largest absolute Gasteiger partial charge is 0.481 e. The van der Waals surface area contributed by atoms with E-state index in [-0.39, 0.29) is 18.0 Å². The Morgan fingerprint density at radius 1 is 1.24 bits per heavy atom. The normalized spacial score (nSPS) is 16.2. The second-order valence-corrected chi connectivity index (χ2v) is 5.40. The summed E-state index contributed by atoms with van der Waals surface area (Å²) >= 11 is 0. The predicted molar refractivity (Wildman–Crippen MR) is 75.8 cm³/mol. The Morgan fingerprint density at radius 3 is 2.57 bits per heavy atom. The van der Waals surface area contributed by atoms with E-state index in [1.165, 1.54) is 6.20 Å². The van der Waals surface area contributed by atoms with E-state index in [9.17, 15) is 9.59 Å². The minimum atomic E-state index is -0.903. The van der Waals surface area contributed by atoms with Gasteiger partial charge in [0.1, 0.15) is 5.69 Å². The van der Waals surface area contributed by atoms with Gasteiger partial charge in [0.25, 0.3) is 5.91 Å². The number of nitrogens with one attached hydrogen (secondary N) is 1. The van der Waals surface area contributed by atoms with E-state index in [2.05, 4.69) is 15.3 Å². The second kappa shape index (κ2) is 5.12. The van der Waals surface area contributed by atoms with Crippen LogP contribution in [0.3, 0.4) is 0 Å². The average Bonchev–Trinajstić information content (AvgIpc) is 2.43. The van der Waals surface area contributed by atoms with Crippen molar-refractivity contribution in [2.45, 2.75) is 31.2 Å². The minimum Gasteiger partial charge on any atom is -0.481 e. The molecule has 0 saturated heterocycles. The highest BCUT2D eigenvalue weighted by Crippen LogP contribution is 2.35. The Labute approximate surface area is 121 Å². The van der Waals surface area contributed by atoms with E-state index in [1.807, 2.05) is 18.2 Å². The summed E-state index contributed by atoms with van der Waals surface area (Å²) in [6, 6.07) is 7.29. The number of hydrogen-bond donors (Lipinski definition) is 2. The molecule has 1 amide bonds. The molecule has 1 aromatic heterocycles. The maximum atomic E-state index is 12.3. The summed E-state index contributed by atoms with van der Waals surface area (Å²) in [6.07, 6.45) is 3.67. The van der Waals surface area contributed by atoms with Gasteiger partial charge in [-0.3, -0.25) is 14.6 Å². The number of benzene rings is 1. The average molecular weight is 285 g/mol. The molecule has 2 N–H and O–H groups in total. The van der Waals surface area contributed by atoms with Gasteiger partial charge >= 0.3 is 5.97 Å². The smallest absolute Gasteiger partial charge is 0.305 e. The van der Waals surface area contributed by atoms with Crippen LogP contribution in [0.1, 0.15) is 36.2 Å². The predicted octanol–water partition coefficient (Wildman–Crippen LogP) is 1.76. The van der Waals surface area contributed by atoms with Crippen molar-refractivity contribution in [3.05, 3.63) is 36.2 Å². The summed E-state index contributed by atoms with van der Waals surface area (Å²) in [7, 11) is 0. The summed E-state index contributed by atoms with van der Waals surface area (Å²) in [5.74, 6) is -1.27. The number of fused-ring (bicyclic) bond motifs is 1. The van der Waals surface area contributed by atoms with Crippen LogP contribution in [0.15, 0.2) is 30.5 Å². The van der Waals surface area contributed by atoms with Gasteiger partial charge in [0.15, 0.2) is 0 Å². The first-order valence-electron chi connectivity index (χ1n) is 6.84. The van der Waals surface area contributed by atoms with Gasteiger partial charge in [0.2, 0.25) is 0 Å². The van der Waals surface area contributed by atoms with Crippen molar-refractivity contribution in [2.75, 3.05) is 0 Å². The summed E-state index contributed by atoms with van der Waals surface area (Å²) in [4.78, 5) is 31.7. The Balaban J connectivity index is 1.81. The molecular formula is C15H15N3O3. The summed E-state index contributed by atoms with van der Waals surface area (Å²) in [5.41, 5.74) is 0.949. The number of rotatable bonds is 4. The fourth-order valence-electron chi connectivity index (χ4n) is 2.61. The molecule has 0 bridgehead atoms. The number of para-hydroxylation sites is 2. The number of carboxylic acids is 1. The third-order valence-corrected chi connectivity index (χ3v) is 3.86. The quantitative estimate of drug-likeness (QED) is 0.893. The SMILES string of the molecule is O=C(O)CC1(NC(=O)c2cnc3ccccc3n2)CCC1. The van der Waals surface area contributed by atoms with Crippen molar-refractivity contribution in [3.63, 3.8) is 0 Å². The molecule has 108 valence electrons. The zero-order valence-corrected chi connectivity index (χ0v) is 11.4. The van der Waals surface area contributed by atoms with Crippen LogP contribution < -0.4 is 5.32 Å². The number of carbonyl (C=O) groups is 2. The van der Waals surface area contributed by atoms with Gasteiger partial charge in [-0.15, -0.1) is 0 Å². The third-order valence-electron chi connectivity index (χ3n) is 3.86. The molecule has 1 heterocycles. The van der Waals surface area contributed by atoms with E-state index in [0.29, 0.717) is 18.4 Å². The number of hydrogen-bond acceptors (Lipinski definition) is 4. The van der Waals surface area contributed by atoms with Crippen molar-refractivity contribution in [2.24, 2.45) is 0 Å². The molecule has 0 unspecified atom stereocenters. The van der Waals surface area contributed by atoms with Gasteiger partial charge in [0.05, 0.1) is 29.2 Å². The van der Waals surface area contributed by atoms with Gasteiger partial charge in [-0.25, -0.2) is 4.98 Å². The lowest BCUT2D eigenvalue weighted by Crippen LogP contribution is -2.54. The topological polar surface area (TPSA) is 92.2 Å². The van der Waals surface area contributed by atoms with Crippen LogP contribution in [-0.2, 0) is 4.79 Å². The molecule has 6 heteroatoms. The lowest BCUT2D eigenvalue weighted by molar-refractivity contribution is -0.139. The Morgan fingerprint density at radius 2 is 1.95 bits per heavy atom. The Bertz CT molecular complexity index is 710. The van der Waals surface area contributed by atoms with Crippen LogP contribution in [0, 0.1) is 0 Å². The molecule has 2 aromatic rings. The van der Waals surface area contributed by atoms with Crippen LogP contribution >= 0.6 is 0 Å². The number of amides is 1. The van der Waals surface area contributed by atoms with E-state index in [0.717, 1.165) is 11.9 Å². The van der Waals surface area contributed by atoms with Gasteiger partial charge in [-0.1, -0.05) is 12.1 Å². The zero-order valence-electron chi connectivity index (χ0n) is 11.4. The molecule has 1 saturated carbocycles. The van der Waals surface area contributed by atoms with Crippen molar-refractivity contribution in [1.29, 1.82) is 0 Å². The molecular weight excluding hydrogens is 270 g/mol. The molecule has 0 radical (unpaired) electrons. The molecule has 0 aliphatic heterocycles. The third kappa shape index (κ3) is 2.69. The highest BCUT2D eigenvalue weighted by Gasteiger charge is 2.40. The minimum absolute atomic E-state index is 0.0558. The molecule has 1 aromatic carbocycles. The number of carboxylic acid groups (broad SMARTS) is 1. The highest BCUT2D eigenvalue weighted by atomic mass is 16.4. The van der Waals surface area contributed by atoms with Crippen LogP contribution in [0.4, 0.5) is 0 Å². The maximum absolute atomic E-state index is 12.3. The first kappa shape index (κ1) is 13.5. The fourth-order valence-corrected chi connectivity index (χ4v) is 2.61. The van der Waals surface area contributed by atoms with Crippen molar-refractivity contribution in [1.82, 2.24) is 15.3 Å². The maximum Gasteiger partial charge on any atom is 0.305 e. The zero-order chi connectivity index (χ0) is 14.9. The Kier molecular flexibility index (Phi) is 3.29. The summed E-state index contributed by atoms with van der Waals surface area (Å²) in [6.45, 7) is 0. The molecule has 0 atom stereocenters. The van der Waals surface area contributed by atoms with Crippen LogP contribution in [-0.4, -0.2) is 32.5 Å². The van der Waals surface area contributed by atoms with Crippen molar-refractivity contribution < 1.29 is 14.7 Å². The van der Waals surface area contributed by atoms with E-state index in [1.54, 1.807) is 6.07 Å². The standard InChI is InChI=1S/C15H15N3O3/c19-13(20)8-15(6-3-7-15)18-14(21)12-9-16-10-4-1-2-5-11(10)17-12/h1-2,4-5,9H,3,6-8H2,(H,18,21)(H,19,20). The van der Waals surface area contributed by atoms with Gasteiger partial charge < -0.3 is 10.4 Å². The number of nitrogens with zero attached hydrogens (tertiary/aromatic N) is 2. The van der Waals surface area contributed by atoms with Gasteiger partial charge in [-0.2, -0.15) is 0 Å². The Hall–Kier alpha value is -2.50. The number of carbonyl (C=O) groups excluding carboxylic acids is 1. The van der Waals surface area contributed by atoms with Crippen LogP contribution in [0.5, 0.6) is 0 Å². The summed E-state index contributed by atoms with van der Waals surface area (Å²) in [5, 5.41) is 11.8. The van der Waals surface area contributed by atoms with E-state index in [4.69, 9.17) is 5.11 Å². The molecule has 3 rings (SSSR count). The number of aliphatic carboxylic acids is 1. The van der Waals surface area contributed by atoms with Gasteiger partial charge in [-0.05, 0) is 31.4 Å². The van der Waals surface area contributed by atoms with Gasteiger partial charge in [0, 0.05) is 0 Å². The molecule has 21 heavy (non-hydrogen) atoms. The highest BCUT2D eigenvalue weighted by molar-refractivity contribution is 5.94. The number of aromatic nitrogens is 2. The first-order valence-corrected chi connectivity index (χ1v) is 6.84. The summed E-state index contributed by atoms with van der Waals surface area (Å²) < 4.78 is 0. The lowest BCUT2D eigenvalue weighted by atomic mass is 9.74. The molecule has 1 aliphatic rings. The lowest BCUT2D eigenvalue weighted by Gasteiger charge is -2.41. The molecule has 1 aliphatic carbocycles. The molecule has 0 spiro atoms. The van der Waals surface area contributed by atoms with Crippen LogP contribution in [0.2, 0.25) is 0 Å². The molecule has 6 nitrogen and oxygen atoms in total. The fraction of sp³-hybridized carbons (Fsp3) is 0.333. The monoisotopic (exact) mass is 285 g/mol.